The third-order valence-corrected chi connectivity index (χ3v) is 11.4. The van der Waals surface area contributed by atoms with Gasteiger partial charge in [-0.15, -0.1) is 0 Å². The molecule has 5 fully saturated rings. The highest BCUT2D eigenvalue weighted by molar-refractivity contribution is 5.63. The molecule has 7 unspecified atom stereocenters. The lowest BCUT2D eigenvalue weighted by molar-refractivity contribution is -0.355. The van der Waals surface area contributed by atoms with Crippen LogP contribution in [0.3, 0.4) is 0 Å². The minimum atomic E-state index is -0.291. The normalized spacial score (nSPS) is 40.3. The van der Waals surface area contributed by atoms with E-state index >= 15 is 0 Å². The van der Waals surface area contributed by atoms with Crippen molar-refractivity contribution >= 4 is 0 Å². The van der Waals surface area contributed by atoms with Gasteiger partial charge < -0.3 is 23.8 Å². The summed E-state index contributed by atoms with van der Waals surface area (Å²) in [7, 11) is 2.36. The molecule has 9 rings (SSSR count). The van der Waals surface area contributed by atoms with Crippen LogP contribution < -0.4 is 9.47 Å². The number of rotatable bonds is 4. The van der Waals surface area contributed by atoms with Gasteiger partial charge in [0.1, 0.15) is 25.1 Å². The van der Waals surface area contributed by atoms with E-state index < -0.39 is 0 Å². The van der Waals surface area contributed by atoms with E-state index in [1.54, 1.807) is 0 Å². The number of ether oxygens (including phenoxy) is 4. The van der Waals surface area contributed by atoms with Crippen LogP contribution in [0, 0.1) is 16.7 Å². The number of nitrogens with zero attached hydrogens (tertiary/aromatic N) is 1. The first kappa shape index (κ1) is 23.8. The average Bonchev–Trinajstić information content (AvgIpc) is 3.27. The van der Waals surface area contributed by atoms with Crippen LogP contribution in [-0.2, 0) is 27.9 Å². The average molecular weight is 516 g/mol. The first-order valence-corrected chi connectivity index (χ1v) is 14.7. The minimum absolute atomic E-state index is 0.00240. The van der Waals surface area contributed by atoms with Crippen LogP contribution in [0.5, 0.6) is 11.5 Å². The van der Waals surface area contributed by atoms with Crippen molar-refractivity contribution < 1.29 is 18.9 Å². The molecule has 5 nitrogen and oxygen atoms in total. The lowest BCUT2D eigenvalue weighted by Gasteiger charge is -2.75. The Bertz CT molecular complexity index is 1270. The first-order chi connectivity index (χ1) is 18.3. The minimum Gasteiger partial charge on any atom is -0.485 e. The van der Waals surface area contributed by atoms with E-state index in [-0.39, 0.29) is 34.1 Å². The third-order valence-electron chi connectivity index (χ3n) is 11.4. The molecule has 0 amide bonds. The van der Waals surface area contributed by atoms with Gasteiger partial charge in [-0.05, 0) is 74.7 Å². The fourth-order valence-electron chi connectivity index (χ4n) is 10.1. The quantitative estimate of drug-likeness (QED) is 0.509. The van der Waals surface area contributed by atoms with Crippen molar-refractivity contribution in [3.05, 3.63) is 59.2 Å². The number of likely N-dealkylation sites (N-methyl/N-ethyl adjacent to an activating group) is 1. The number of hydrogen-bond acceptors (Lipinski definition) is 5. The molecule has 7 aliphatic rings. The van der Waals surface area contributed by atoms with Crippen molar-refractivity contribution in [1.29, 1.82) is 0 Å². The molecular formula is C33H41NO4. The van der Waals surface area contributed by atoms with Gasteiger partial charge in [-0.25, -0.2) is 0 Å². The van der Waals surface area contributed by atoms with E-state index in [9.17, 15) is 0 Å². The zero-order chi connectivity index (χ0) is 25.9. The van der Waals surface area contributed by atoms with Crippen molar-refractivity contribution in [2.45, 2.75) is 95.2 Å². The number of hydrogen-bond donors (Lipinski definition) is 0. The van der Waals surface area contributed by atoms with Crippen LogP contribution >= 0.6 is 0 Å². The van der Waals surface area contributed by atoms with E-state index in [0.29, 0.717) is 25.4 Å². The molecule has 3 aliphatic heterocycles. The third kappa shape index (κ3) is 2.88. The number of fused-ring (bicyclic) bond motifs is 1. The summed E-state index contributed by atoms with van der Waals surface area (Å²) in [6, 6.07) is 15.5. The predicted octanol–water partition coefficient (Wildman–Crippen LogP) is 5.87. The lowest BCUT2D eigenvalue weighted by Crippen LogP contribution is -2.82. The fraction of sp³-hybridized carbons (Fsp3) is 0.636. The molecule has 2 aromatic carbocycles. The van der Waals surface area contributed by atoms with Gasteiger partial charge in [0.2, 0.25) is 0 Å². The van der Waals surface area contributed by atoms with Crippen molar-refractivity contribution in [2.75, 3.05) is 20.4 Å². The molecule has 3 heterocycles. The Morgan fingerprint density at radius 3 is 2.71 bits per heavy atom. The van der Waals surface area contributed by atoms with E-state index in [4.69, 9.17) is 18.9 Å². The van der Waals surface area contributed by atoms with E-state index in [1.807, 2.05) is 0 Å². The molecule has 0 aromatic heterocycles. The molecule has 0 N–H and O–H groups in total. The van der Waals surface area contributed by atoms with E-state index in [1.165, 1.54) is 29.5 Å². The Labute approximate surface area is 226 Å². The molecule has 4 aliphatic carbocycles. The van der Waals surface area contributed by atoms with Gasteiger partial charge in [0.05, 0.1) is 6.10 Å². The first-order valence-electron chi connectivity index (χ1n) is 14.7. The summed E-state index contributed by atoms with van der Waals surface area (Å²) in [4.78, 5) is 2.67. The molecule has 3 saturated carbocycles. The summed E-state index contributed by atoms with van der Waals surface area (Å²) in [6.07, 6.45) is 7.00. The molecule has 2 saturated heterocycles. The Hall–Kier alpha value is -2.08. The van der Waals surface area contributed by atoms with Crippen LogP contribution in [-0.4, -0.2) is 49.1 Å². The topological polar surface area (TPSA) is 40.2 Å². The number of piperidine rings is 1. The summed E-state index contributed by atoms with van der Waals surface area (Å²) in [6.45, 7) is 9.07. The summed E-state index contributed by atoms with van der Waals surface area (Å²) in [5.74, 6) is 2.27. The van der Waals surface area contributed by atoms with Gasteiger partial charge in [0.25, 0.3) is 0 Å². The predicted molar refractivity (Wildman–Crippen MR) is 145 cm³/mol. The molecule has 202 valence electrons. The van der Waals surface area contributed by atoms with Gasteiger partial charge in [0.15, 0.2) is 11.5 Å². The van der Waals surface area contributed by atoms with Crippen LogP contribution in [0.15, 0.2) is 42.5 Å². The standard InChI is InChI=1S/C33H41NO4/c1-30(2,3)18-25-23-17-31-12-13-33(23,37-20-36-25)29-32(31)14-15-34(4)26(31)16-22-10-11-24(28(38-29)27(22)32)35-19-21-8-6-5-7-9-21/h5-11,23,25-26,29H,12-20H2,1-4H3. The summed E-state index contributed by atoms with van der Waals surface area (Å²) < 4.78 is 27.1. The van der Waals surface area contributed by atoms with Crippen LogP contribution in [0.25, 0.3) is 0 Å². The molecular weight excluding hydrogens is 474 g/mol. The van der Waals surface area contributed by atoms with Crippen LogP contribution in [0.2, 0.25) is 0 Å². The zero-order valence-electron chi connectivity index (χ0n) is 23.3. The highest BCUT2D eigenvalue weighted by atomic mass is 16.7. The Kier molecular flexibility index (Phi) is 4.86. The molecule has 38 heavy (non-hydrogen) atoms. The largest absolute Gasteiger partial charge is 0.485 e. The van der Waals surface area contributed by atoms with Crippen molar-refractivity contribution in [1.82, 2.24) is 4.90 Å². The summed E-state index contributed by atoms with van der Waals surface area (Å²) in [5.41, 5.74) is 4.22. The van der Waals surface area contributed by atoms with Crippen molar-refractivity contribution in [3.8, 4) is 11.5 Å². The summed E-state index contributed by atoms with van der Waals surface area (Å²) >= 11 is 0. The van der Waals surface area contributed by atoms with Gasteiger partial charge >= 0.3 is 0 Å². The Balaban J connectivity index is 1.27. The maximum Gasteiger partial charge on any atom is 0.166 e. The van der Waals surface area contributed by atoms with Gasteiger partial charge in [-0.2, -0.15) is 0 Å². The zero-order valence-corrected chi connectivity index (χ0v) is 23.3. The SMILES string of the molecule is CN1CCC23c4c5ccc(OCc6ccccc6)c4OC2C24CCC3(CC2C(CC(C)(C)C)OCO4)C1C5. The number of benzene rings is 2. The highest BCUT2D eigenvalue weighted by Crippen LogP contribution is 2.77. The fourth-order valence-corrected chi connectivity index (χ4v) is 10.1. The van der Waals surface area contributed by atoms with E-state index in [2.05, 4.69) is 75.2 Å². The second-order valence-corrected chi connectivity index (χ2v) is 14.3. The maximum atomic E-state index is 7.28. The lowest BCUT2D eigenvalue weighted by atomic mass is 9.34. The smallest absolute Gasteiger partial charge is 0.166 e. The Morgan fingerprint density at radius 1 is 1.05 bits per heavy atom. The second kappa shape index (κ2) is 7.77. The second-order valence-electron chi connectivity index (χ2n) is 14.3. The maximum absolute atomic E-state index is 7.28. The van der Waals surface area contributed by atoms with Gasteiger partial charge in [0, 0.05) is 28.4 Å². The molecule has 2 aromatic rings. The van der Waals surface area contributed by atoms with Crippen LogP contribution in [0.4, 0.5) is 0 Å². The number of likely N-dealkylation sites (tertiary alicyclic amines) is 1. The summed E-state index contributed by atoms with van der Waals surface area (Å²) in [5, 5.41) is 0. The molecule has 3 spiro atoms. The monoisotopic (exact) mass is 515 g/mol. The van der Waals surface area contributed by atoms with E-state index in [0.717, 1.165) is 43.7 Å². The molecule has 7 atom stereocenters. The molecule has 5 heteroatoms. The van der Waals surface area contributed by atoms with Crippen molar-refractivity contribution in [3.63, 3.8) is 0 Å². The van der Waals surface area contributed by atoms with Crippen LogP contribution in [0.1, 0.15) is 69.6 Å². The molecule has 4 bridgehead atoms. The Morgan fingerprint density at radius 2 is 1.89 bits per heavy atom. The van der Waals surface area contributed by atoms with Gasteiger partial charge in [-0.3, -0.25) is 0 Å². The van der Waals surface area contributed by atoms with Crippen molar-refractivity contribution in [2.24, 2.45) is 16.7 Å². The molecule has 0 radical (unpaired) electrons. The van der Waals surface area contributed by atoms with Gasteiger partial charge in [-0.1, -0.05) is 57.2 Å². The highest BCUT2D eigenvalue weighted by Gasteiger charge is 2.81.